The van der Waals surface area contributed by atoms with Crippen LogP contribution in [-0.2, 0) is 4.74 Å². The maximum absolute atomic E-state index is 5.43. The van der Waals surface area contributed by atoms with Gasteiger partial charge in [-0.25, -0.2) is 0 Å². The first-order valence-corrected chi connectivity index (χ1v) is 4.02. The first kappa shape index (κ1) is 8.02. The van der Waals surface area contributed by atoms with E-state index in [1.165, 1.54) is 12.8 Å². The van der Waals surface area contributed by atoms with Crippen LogP contribution in [0.3, 0.4) is 0 Å². The Kier molecular flexibility index (Phi) is 2.69. The second-order valence-corrected chi connectivity index (χ2v) is 3.17. The summed E-state index contributed by atoms with van der Waals surface area (Å²) in [5, 5.41) is 0. The Morgan fingerprint density at radius 3 is 2.40 bits per heavy atom. The molecule has 0 heterocycles. The van der Waals surface area contributed by atoms with Crippen molar-refractivity contribution in [1.82, 2.24) is 4.90 Å². The fourth-order valence-electron chi connectivity index (χ4n) is 1.33. The molecule has 1 rings (SSSR count). The molecule has 0 aliphatic heterocycles. The van der Waals surface area contributed by atoms with Gasteiger partial charge >= 0.3 is 0 Å². The predicted octanol–water partition coefficient (Wildman–Crippen LogP) is 1.12. The summed E-state index contributed by atoms with van der Waals surface area (Å²) in [7, 11) is 4.26. The number of ether oxygens (including phenoxy) is 1. The Morgan fingerprint density at radius 1 is 1.40 bits per heavy atom. The second-order valence-electron chi connectivity index (χ2n) is 3.17. The van der Waals surface area contributed by atoms with Crippen LogP contribution in [0.25, 0.3) is 0 Å². The third kappa shape index (κ3) is 1.70. The molecule has 0 aromatic heterocycles. The standard InChI is InChI=1S/C8H17NO/c1-4-10-8-5-7(6-8)9(2)3/h7-8H,4-6H2,1-3H3. The zero-order valence-corrected chi connectivity index (χ0v) is 7.13. The Balaban J connectivity index is 2.06. The Morgan fingerprint density at radius 2 is 2.00 bits per heavy atom. The van der Waals surface area contributed by atoms with E-state index in [1.807, 2.05) is 0 Å². The van der Waals surface area contributed by atoms with E-state index < -0.39 is 0 Å². The van der Waals surface area contributed by atoms with Gasteiger partial charge in [0.25, 0.3) is 0 Å². The average molecular weight is 143 g/mol. The van der Waals surface area contributed by atoms with Gasteiger partial charge < -0.3 is 9.64 Å². The summed E-state index contributed by atoms with van der Waals surface area (Å²) in [6.07, 6.45) is 3.00. The monoisotopic (exact) mass is 143 g/mol. The minimum atomic E-state index is 0.553. The summed E-state index contributed by atoms with van der Waals surface area (Å²) in [4.78, 5) is 2.27. The van der Waals surface area contributed by atoms with Crippen molar-refractivity contribution in [3.63, 3.8) is 0 Å². The molecular formula is C8H17NO. The van der Waals surface area contributed by atoms with Crippen LogP contribution in [0.2, 0.25) is 0 Å². The highest BCUT2D eigenvalue weighted by molar-refractivity contribution is 4.85. The van der Waals surface area contributed by atoms with E-state index >= 15 is 0 Å². The molecule has 1 aliphatic rings. The summed E-state index contributed by atoms with van der Waals surface area (Å²) in [6, 6.07) is 0.775. The molecule has 60 valence electrons. The Labute approximate surface area is 63.2 Å². The van der Waals surface area contributed by atoms with Crippen LogP contribution in [0.5, 0.6) is 0 Å². The summed E-state index contributed by atoms with van der Waals surface area (Å²) in [5.74, 6) is 0. The first-order valence-electron chi connectivity index (χ1n) is 4.02. The molecule has 0 aromatic carbocycles. The molecule has 0 atom stereocenters. The minimum Gasteiger partial charge on any atom is -0.378 e. The molecule has 2 nitrogen and oxygen atoms in total. The number of hydrogen-bond donors (Lipinski definition) is 0. The molecule has 0 spiro atoms. The lowest BCUT2D eigenvalue weighted by molar-refractivity contribution is -0.0345. The van der Waals surface area contributed by atoms with Crippen molar-refractivity contribution in [2.45, 2.75) is 31.9 Å². The average Bonchev–Trinajstić information content (AvgIpc) is 1.76. The van der Waals surface area contributed by atoms with Crippen molar-refractivity contribution in [2.24, 2.45) is 0 Å². The number of hydrogen-bond acceptors (Lipinski definition) is 2. The van der Waals surface area contributed by atoms with Crippen LogP contribution < -0.4 is 0 Å². The van der Waals surface area contributed by atoms with E-state index in [9.17, 15) is 0 Å². The van der Waals surface area contributed by atoms with Gasteiger partial charge in [0.05, 0.1) is 6.10 Å². The SMILES string of the molecule is CCOC1CC(N(C)C)C1. The van der Waals surface area contributed by atoms with Gasteiger partial charge in [0.1, 0.15) is 0 Å². The van der Waals surface area contributed by atoms with E-state index in [1.54, 1.807) is 0 Å². The molecule has 10 heavy (non-hydrogen) atoms. The predicted molar refractivity (Wildman–Crippen MR) is 42.1 cm³/mol. The van der Waals surface area contributed by atoms with E-state index in [2.05, 4.69) is 25.9 Å². The van der Waals surface area contributed by atoms with E-state index in [0.717, 1.165) is 12.6 Å². The van der Waals surface area contributed by atoms with Crippen molar-refractivity contribution in [3.8, 4) is 0 Å². The second kappa shape index (κ2) is 3.35. The van der Waals surface area contributed by atoms with Crippen LogP contribution in [0.4, 0.5) is 0 Å². The lowest BCUT2D eigenvalue weighted by Crippen LogP contribution is -2.44. The highest BCUT2D eigenvalue weighted by Crippen LogP contribution is 2.26. The fraction of sp³-hybridized carbons (Fsp3) is 1.00. The largest absolute Gasteiger partial charge is 0.378 e. The third-order valence-electron chi connectivity index (χ3n) is 2.20. The lowest BCUT2D eigenvalue weighted by atomic mass is 9.88. The summed E-state index contributed by atoms with van der Waals surface area (Å²) >= 11 is 0. The number of nitrogens with zero attached hydrogens (tertiary/aromatic N) is 1. The van der Waals surface area contributed by atoms with Crippen molar-refractivity contribution >= 4 is 0 Å². The summed E-state index contributed by atoms with van der Waals surface area (Å²) in [6.45, 7) is 2.92. The zero-order chi connectivity index (χ0) is 7.56. The maximum Gasteiger partial charge on any atom is 0.0604 e. The molecule has 0 unspecified atom stereocenters. The highest BCUT2D eigenvalue weighted by Gasteiger charge is 2.30. The van der Waals surface area contributed by atoms with Crippen molar-refractivity contribution in [3.05, 3.63) is 0 Å². The first-order chi connectivity index (χ1) is 4.74. The number of rotatable bonds is 3. The van der Waals surface area contributed by atoms with E-state index in [-0.39, 0.29) is 0 Å². The van der Waals surface area contributed by atoms with Gasteiger partial charge in [-0.2, -0.15) is 0 Å². The van der Waals surface area contributed by atoms with Gasteiger partial charge in [-0.15, -0.1) is 0 Å². The van der Waals surface area contributed by atoms with Crippen LogP contribution in [0, 0.1) is 0 Å². The van der Waals surface area contributed by atoms with Crippen LogP contribution >= 0.6 is 0 Å². The lowest BCUT2D eigenvalue weighted by Gasteiger charge is -2.39. The van der Waals surface area contributed by atoms with Crippen LogP contribution in [0.15, 0.2) is 0 Å². The molecule has 0 aromatic rings. The molecule has 2 heteroatoms. The normalized spacial score (nSPS) is 32.4. The third-order valence-corrected chi connectivity index (χ3v) is 2.20. The molecule has 1 saturated carbocycles. The molecule has 0 radical (unpaired) electrons. The quantitative estimate of drug-likeness (QED) is 0.587. The molecule has 0 bridgehead atoms. The molecular weight excluding hydrogens is 126 g/mol. The van der Waals surface area contributed by atoms with E-state index in [4.69, 9.17) is 4.74 Å². The van der Waals surface area contributed by atoms with Gasteiger partial charge in [-0.3, -0.25) is 0 Å². The maximum atomic E-state index is 5.43. The molecule has 1 fully saturated rings. The van der Waals surface area contributed by atoms with Gasteiger partial charge in [0, 0.05) is 12.6 Å². The van der Waals surface area contributed by atoms with Crippen LogP contribution in [-0.4, -0.2) is 37.7 Å². The molecule has 0 N–H and O–H groups in total. The van der Waals surface area contributed by atoms with Gasteiger partial charge in [0.15, 0.2) is 0 Å². The highest BCUT2D eigenvalue weighted by atomic mass is 16.5. The smallest absolute Gasteiger partial charge is 0.0604 e. The van der Waals surface area contributed by atoms with Crippen molar-refractivity contribution in [2.75, 3.05) is 20.7 Å². The van der Waals surface area contributed by atoms with Gasteiger partial charge in [-0.05, 0) is 33.9 Å². The Bertz CT molecular complexity index is 97.4. The van der Waals surface area contributed by atoms with Crippen LogP contribution in [0.1, 0.15) is 19.8 Å². The molecule has 0 amide bonds. The topological polar surface area (TPSA) is 12.5 Å². The molecule has 1 aliphatic carbocycles. The zero-order valence-electron chi connectivity index (χ0n) is 7.13. The Hall–Kier alpha value is -0.0800. The summed E-state index contributed by atoms with van der Waals surface area (Å²) < 4.78 is 5.43. The van der Waals surface area contributed by atoms with Crippen molar-refractivity contribution < 1.29 is 4.74 Å². The van der Waals surface area contributed by atoms with Crippen molar-refractivity contribution in [1.29, 1.82) is 0 Å². The van der Waals surface area contributed by atoms with Gasteiger partial charge in [-0.1, -0.05) is 0 Å². The van der Waals surface area contributed by atoms with Gasteiger partial charge in [0.2, 0.25) is 0 Å². The van der Waals surface area contributed by atoms with E-state index in [0.29, 0.717) is 6.10 Å². The molecule has 0 saturated heterocycles. The summed E-state index contributed by atoms with van der Waals surface area (Å²) in [5.41, 5.74) is 0. The minimum absolute atomic E-state index is 0.553. The fourth-order valence-corrected chi connectivity index (χ4v) is 1.33.